The second kappa shape index (κ2) is 7.42. The Labute approximate surface area is 176 Å². The Balaban J connectivity index is 0.000000157. The van der Waals surface area contributed by atoms with Crippen LogP contribution < -0.4 is 16.3 Å². The summed E-state index contributed by atoms with van der Waals surface area (Å²) in [6, 6.07) is 25.1. The van der Waals surface area contributed by atoms with Gasteiger partial charge in [0.15, 0.2) is 0 Å². The summed E-state index contributed by atoms with van der Waals surface area (Å²) in [4.78, 5) is 35.5. The molecule has 4 aromatic rings. The zero-order valence-corrected chi connectivity index (χ0v) is 16.2. The van der Waals surface area contributed by atoms with Crippen LogP contribution in [0.25, 0.3) is 11.0 Å². The number of hydrogen-bond donors (Lipinski definition) is 2. The molecule has 0 fully saturated rings. The van der Waals surface area contributed by atoms with Gasteiger partial charge in [0, 0.05) is 34.0 Å². The third-order valence-corrected chi connectivity index (χ3v) is 5.10. The van der Waals surface area contributed by atoms with Gasteiger partial charge in [0.25, 0.3) is 0 Å². The highest BCUT2D eigenvalue weighted by molar-refractivity contribution is 6.27. The standard InChI is InChI=1S/C16H10N2O2.C9H6O2/c19-15-9-5-1-3-7-11(9)17-13(15)14-16(20)10-6-2-4-8-12(10)18-14;10-9-6-5-7-3-1-2-4-8(7)11-9/h1-8,17-18H;1-6H/b14-13+;. The fourth-order valence-electron chi connectivity index (χ4n) is 3.60. The number of nitrogens with one attached hydrogen (secondary N) is 2. The number of Topliss-reactive ketones (excluding diaryl/α,β-unsaturated/α-hetero) is 2. The molecule has 2 aliphatic rings. The fraction of sp³-hybridized carbons (Fsp3) is 0. The van der Waals surface area contributed by atoms with Crippen LogP contribution in [0.1, 0.15) is 20.7 Å². The van der Waals surface area contributed by atoms with Gasteiger partial charge in [-0.25, -0.2) is 4.79 Å². The van der Waals surface area contributed by atoms with Gasteiger partial charge >= 0.3 is 5.63 Å². The molecule has 31 heavy (non-hydrogen) atoms. The van der Waals surface area contributed by atoms with E-state index in [1.165, 1.54) is 6.07 Å². The lowest BCUT2D eigenvalue weighted by atomic mass is 10.1. The monoisotopic (exact) mass is 408 g/mol. The van der Waals surface area contributed by atoms with E-state index in [2.05, 4.69) is 10.6 Å². The summed E-state index contributed by atoms with van der Waals surface area (Å²) in [6.07, 6.45) is 0. The molecule has 150 valence electrons. The molecule has 6 nitrogen and oxygen atoms in total. The maximum absolute atomic E-state index is 12.4. The predicted octanol–water partition coefficient (Wildman–Crippen LogP) is 4.61. The van der Waals surface area contributed by atoms with E-state index in [-0.39, 0.29) is 17.2 Å². The van der Waals surface area contributed by atoms with Crippen LogP contribution in [0.2, 0.25) is 0 Å². The molecule has 1 aromatic heterocycles. The zero-order chi connectivity index (χ0) is 21.4. The van der Waals surface area contributed by atoms with Gasteiger partial charge in [0.05, 0.1) is 0 Å². The van der Waals surface area contributed by atoms with Crippen molar-refractivity contribution in [2.24, 2.45) is 0 Å². The molecule has 0 aliphatic carbocycles. The third kappa shape index (κ3) is 3.30. The third-order valence-electron chi connectivity index (χ3n) is 5.10. The van der Waals surface area contributed by atoms with E-state index >= 15 is 0 Å². The van der Waals surface area contributed by atoms with Crippen LogP contribution >= 0.6 is 0 Å². The molecule has 0 atom stereocenters. The minimum Gasteiger partial charge on any atom is -0.423 e. The first-order valence-corrected chi connectivity index (χ1v) is 9.66. The molecule has 0 saturated carbocycles. The summed E-state index contributed by atoms with van der Waals surface area (Å²) >= 11 is 0. The predicted molar refractivity (Wildman–Crippen MR) is 118 cm³/mol. The van der Waals surface area contributed by atoms with E-state index in [9.17, 15) is 14.4 Å². The quantitative estimate of drug-likeness (QED) is 0.326. The minimum atomic E-state index is -0.302. The summed E-state index contributed by atoms with van der Waals surface area (Å²) < 4.78 is 4.91. The fourth-order valence-corrected chi connectivity index (χ4v) is 3.60. The van der Waals surface area contributed by atoms with Crippen molar-refractivity contribution in [1.82, 2.24) is 0 Å². The van der Waals surface area contributed by atoms with Crippen molar-refractivity contribution in [2.75, 3.05) is 10.6 Å². The first-order chi connectivity index (χ1) is 15.1. The molecule has 6 heteroatoms. The zero-order valence-electron chi connectivity index (χ0n) is 16.2. The van der Waals surface area contributed by atoms with Crippen molar-refractivity contribution >= 4 is 33.9 Å². The molecular formula is C25H16N2O4. The average Bonchev–Trinajstić information content (AvgIpc) is 3.31. The van der Waals surface area contributed by atoms with Gasteiger partial charge in [-0.3, -0.25) is 9.59 Å². The first kappa shape index (κ1) is 18.6. The number of ketones is 2. The van der Waals surface area contributed by atoms with E-state index in [4.69, 9.17) is 4.42 Å². The molecule has 0 unspecified atom stereocenters. The number of rotatable bonds is 0. The van der Waals surface area contributed by atoms with Gasteiger partial charge in [0.1, 0.15) is 17.0 Å². The molecule has 2 N–H and O–H groups in total. The van der Waals surface area contributed by atoms with Crippen LogP contribution in [-0.2, 0) is 0 Å². The Hall–Kier alpha value is -4.45. The lowest BCUT2D eigenvalue weighted by Gasteiger charge is -2.03. The van der Waals surface area contributed by atoms with Crippen LogP contribution in [0.15, 0.2) is 106 Å². The highest BCUT2D eigenvalue weighted by atomic mass is 16.4. The number of anilines is 2. The van der Waals surface area contributed by atoms with E-state index < -0.39 is 0 Å². The van der Waals surface area contributed by atoms with Crippen LogP contribution in [0.3, 0.4) is 0 Å². The molecule has 0 radical (unpaired) electrons. The minimum absolute atomic E-state index is 0.149. The Kier molecular flexibility index (Phi) is 4.45. The van der Waals surface area contributed by atoms with Gasteiger partial charge in [0.2, 0.25) is 11.6 Å². The van der Waals surface area contributed by atoms with Crippen LogP contribution in [0, 0.1) is 0 Å². The molecule has 0 saturated heterocycles. The maximum Gasteiger partial charge on any atom is 0.336 e. The van der Waals surface area contributed by atoms with Crippen LogP contribution in [-0.4, -0.2) is 11.6 Å². The normalized spacial score (nSPS) is 16.1. The first-order valence-electron chi connectivity index (χ1n) is 9.66. The summed E-state index contributed by atoms with van der Waals surface area (Å²) in [6.45, 7) is 0. The Morgan fingerprint density at radius 1 is 0.548 bits per heavy atom. The van der Waals surface area contributed by atoms with Crippen molar-refractivity contribution in [3.63, 3.8) is 0 Å². The van der Waals surface area contributed by atoms with Crippen LogP contribution in [0.4, 0.5) is 11.4 Å². The number of hydrogen-bond acceptors (Lipinski definition) is 6. The number of benzene rings is 3. The Bertz CT molecular complexity index is 1380. The summed E-state index contributed by atoms with van der Waals surface area (Å²) in [7, 11) is 0. The summed E-state index contributed by atoms with van der Waals surface area (Å²) in [5.74, 6) is -0.298. The molecule has 0 bridgehead atoms. The summed E-state index contributed by atoms with van der Waals surface area (Å²) in [5.41, 5.74) is 3.67. The second-order valence-corrected chi connectivity index (χ2v) is 7.04. The van der Waals surface area contributed by atoms with Gasteiger partial charge in [-0.1, -0.05) is 42.5 Å². The number of para-hydroxylation sites is 3. The van der Waals surface area contributed by atoms with Crippen LogP contribution in [0.5, 0.6) is 0 Å². The molecule has 0 amide bonds. The van der Waals surface area contributed by atoms with E-state index in [1.807, 2.05) is 54.6 Å². The molecule has 2 aliphatic heterocycles. The van der Waals surface area contributed by atoms with Crippen molar-refractivity contribution in [2.45, 2.75) is 0 Å². The van der Waals surface area contributed by atoms with E-state index in [0.717, 1.165) is 16.8 Å². The summed E-state index contributed by atoms with van der Waals surface area (Å²) in [5, 5.41) is 7.03. The molecule has 0 spiro atoms. The van der Waals surface area contributed by atoms with Crippen molar-refractivity contribution in [1.29, 1.82) is 0 Å². The smallest absolute Gasteiger partial charge is 0.336 e. The van der Waals surface area contributed by atoms with Crippen molar-refractivity contribution in [3.8, 4) is 0 Å². The number of carbonyl (C=O) groups is 2. The Morgan fingerprint density at radius 3 is 1.65 bits per heavy atom. The number of carbonyl (C=O) groups excluding carboxylic acids is 2. The molecule has 3 heterocycles. The van der Waals surface area contributed by atoms with E-state index in [1.54, 1.807) is 24.3 Å². The highest BCUT2D eigenvalue weighted by Gasteiger charge is 2.34. The molecule has 3 aromatic carbocycles. The Morgan fingerprint density at radius 2 is 1.06 bits per heavy atom. The molecule has 6 rings (SSSR count). The average molecular weight is 408 g/mol. The van der Waals surface area contributed by atoms with Gasteiger partial charge in [-0.2, -0.15) is 0 Å². The number of fused-ring (bicyclic) bond motifs is 3. The lowest BCUT2D eigenvalue weighted by Crippen LogP contribution is -2.13. The second-order valence-electron chi connectivity index (χ2n) is 7.04. The van der Waals surface area contributed by atoms with E-state index in [0.29, 0.717) is 28.1 Å². The van der Waals surface area contributed by atoms with Gasteiger partial charge in [-0.05, 0) is 36.4 Å². The lowest BCUT2D eigenvalue weighted by molar-refractivity contribution is 0.101. The SMILES string of the molecule is O=C1/C(=C2\Nc3ccccc3C2=O)Nc2ccccc21.O=c1ccc2ccccc2o1. The number of allylic oxidation sites excluding steroid dienone is 2. The topological polar surface area (TPSA) is 88.4 Å². The van der Waals surface area contributed by atoms with Crippen molar-refractivity contribution < 1.29 is 14.0 Å². The highest BCUT2D eigenvalue weighted by Crippen LogP contribution is 2.34. The molecular weight excluding hydrogens is 392 g/mol. The van der Waals surface area contributed by atoms with Gasteiger partial charge < -0.3 is 15.1 Å². The maximum atomic E-state index is 12.4. The van der Waals surface area contributed by atoms with Crippen molar-refractivity contribution in [3.05, 3.63) is 118 Å². The van der Waals surface area contributed by atoms with Gasteiger partial charge in [-0.15, -0.1) is 0 Å². The largest absolute Gasteiger partial charge is 0.423 e.